The molecule has 4 aliphatic carbocycles. The number of alkyl halides is 22. The highest BCUT2D eigenvalue weighted by Crippen LogP contribution is 2.66. The van der Waals surface area contributed by atoms with E-state index in [-0.39, 0.29) is 37.7 Å². The van der Waals surface area contributed by atoms with Crippen LogP contribution >= 0.6 is 0 Å². The first-order valence-electron chi connectivity index (χ1n) is 16.2. The molecule has 0 radical (unpaired) electrons. The standard InChI is InChI=1S/C31H26F22O4/c1-20-9-7-13(56-18(54)23(34,35)25(38,39)30(48,49)50)11-12(20)3-4-14-15-5-6-17(21(15,2)10-8-16(14)20)57-19(55)22(32,33)24(36,37)26(40,41)27(42,43)28(44,45)29(46,47)31(51,52)53/h3,11,14-17H,4-10H2,1-2H3/t14-,15-,16-,17-,20-,21-/m0/s1. The topological polar surface area (TPSA) is 52.6 Å². The third kappa shape index (κ3) is 6.35. The Bertz CT molecular complexity index is 1680. The van der Waals surface area contributed by atoms with Gasteiger partial charge in [-0.25, -0.2) is 9.59 Å². The molecule has 0 saturated heterocycles. The second-order valence-electron chi connectivity index (χ2n) is 14.8. The van der Waals surface area contributed by atoms with E-state index < -0.39 is 125 Å². The molecule has 4 rings (SSSR count). The van der Waals surface area contributed by atoms with Crippen molar-refractivity contribution in [3.05, 3.63) is 23.5 Å². The molecule has 0 spiro atoms. The van der Waals surface area contributed by atoms with Crippen LogP contribution in [-0.2, 0) is 19.1 Å². The first-order chi connectivity index (χ1) is 25.2. The van der Waals surface area contributed by atoms with Gasteiger partial charge in [-0.1, -0.05) is 19.9 Å². The van der Waals surface area contributed by atoms with Gasteiger partial charge in [-0.15, -0.1) is 0 Å². The van der Waals surface area contributed by atoms with Crippen LogP contribution < -0.4 is 0 Å². The van der Waals surface area contributed by atoms with E-state index in [0.29, 0.717) is 0 Å². The van der Waals surface area contributed by atoms with Crippen LogP contribution in [0.1, 0.15) is 58.8 Å². The lowest BCUT2D eigenvalue weighted by Gasteiger charge is -2.56. The third-order valence-electron chi connectivity index (χ3n) is 11.7. The fourth-order valence-corrected chi connectivity index (χ4v) is 8.31. The van der Waals surface area contributed by atoms with Gasteiger partial charge in [-0.05, 0) is 73.3 Å². The molecule has 0 aliphatic heterocycles. The molecule has 2 fully saturated rings. The maximum Gasteiger partial charge on any atom is 0.460 e. The molecule has 0 heterocycles. The number of allylic oxidation sites excluding steroid dienone is 4. The summed E-state index contributed by atoms with van der Waals surface area (Å²) in [5.74, 6) is -71.8. The smallest absolute Gasteiger partial charge is 0.457 e. The van der Waals surface area contributed by atoms with E-state index in [1.54, 1.807) is 6.92 Å². The van der Waals surface area contributed by atoms with Gasteiger partial charge in [0.25, 0.3) is 0 Å². The minimum absolute atomic E-state index is 0.00224. The molecule has 0 aromatic heterocycles. The van der Waals surface area contributed by atoms with Gasteiger partial charge in [-0.3, -0.25) is 0 Å². The van der Waals surface area contributed by atoms with Crippen molar-refractivity contribution < 1.29 is 116 Å². The van der Waals surface area contributed by atoms with E-state index in [2.05, 4.69) is 9.47 Å². The normalized spacial score (nSPS) is 29.8. The van der Waals surface area contributed by atoms with Crippen molar-refractivity contribution in [3.63, 3.8) is 0 Å². The molecule has 6 atom stereocenters. The largest absolute Gasteiger partial charge is 0.460 e. The summed E-state index contributed by atoms with van der Waals surface area (Å²) in [6.07, 6.45) is -15.7. The van der Waals surface area contributed by atoms with Crippen LogP contribution in [0.2, 0.25) is 0 Å². The zero-order chi connectivity index (χ0) is 44.4. The summed E-state index contributed by atoms with van der Waals surface area (Å²) in [6, 6.07) is 0. The summed E-state index contributed by atoms with van der Waals surface area (Å²) in [5, 5.41) is 0. The van der Waals surface area contributed by atoms with Crippen molar-refractivity contribution in [1.82, 2.24) is 0 Å². The summed E-state index contributed by atoms with van der Waals surface area (Å²) >= 11 is 0. The molecule has 0 unspecified atom stereocenters. The van der Waals surface area contributed by atoms with E-state index in [1.807, 2.05) is 0 Å². The highest BCUT2D eigenvalue weighted by molar-refractivity contribution is 5.80. The minimum Gasteiger partial charge on any atom is -0.457 e. The van der Waals surface area contributed by atoms with Crippen LogP contribution in [0.15, 0.2) is 23.5 Å². The molecular weight excluding hydrogens is 854 g/mol. The average molecular weight is 881 g/mol. The molecule has 328 valence electrons. The maximum atomic E-state index is 14.7. The van der Waals surface area contributed by atoms with Crippen LogP contribution in [0.5, 0.6) is 0 Å². The van der Waals surface area contributed by atoms with Gasteiger partial charge in [0.2, 0.25) is 0 Å². The van der Waals surface area contributed by atoms with E-state index in [4.69, 9.17) is 0 Å². The Morgan fingerprint density at radius 2 is 1.05 bits per heavy atom. The Kier molecular flexibility index (Phi) is 10.8. The van der Waals surface area contributed by atoms with Gasteiger partial charge in [-0.2, -0.15) is 96.6 Å². The number of halogens is 22. The van der Waals surface area contributed by atoms with E-state index in [1.165, 1.54) is 13.0 Å². The Balaban J connectivity index is 1.54. The van der Waals surface area contributed by atoms with Gasteiger partial charge in [0.15, 0.2) is 0 Å². The summed E-state index contributed by atoms with van der Waals surface area (Å²) in [6.45, 7) is 2.83. The molecule has 0 aromatic rings. The minimum atomic E-state index is -8.60. The number of hydrogen-bond donors (Lipinski definition) is 0. The highest BCUT2D eigenvalue weighted by atomic mass is 19.4. The lowest BCUT2D eigenvalue weighted by molar-refractivity contribution is -0.450. The Morgan fingerprint density at radius 3 is 1.56 bits per heavy atom. The number of carbonyl (C=O) groups is 2. The fraction of sp³-hybridized carbons (Fsp3) is 0.806. The van der Waals surface area contributed by atoms with Gasteiger partial charge in [0.05, 0.1) is 0 Å². The first-order valence-corrected chi connectivity index (χ1v) is 16.2. The van der Waals surface area contributed by atoms with Crippen LogP contribution in [0.3, 0.4) is 0 Å². The zero-order valence-corrected chi connectivity index (χ0v) is 28.4. The summed E-state index contributed by atoms with van der Waals surface area (Å²) < 4.78 is 305. The van der Waals surface area contributed by atoms with Crippen LogP contribution in [-0.4, -0.2) is 77.8 Å². The van der Waals surface area contributed by atoms with Crippen molar-refractivity contribution in [1.29, 1.82) is 0 Å². The summed E-state index contributed by atoms with van der Waals surface area (Å²) in [5.41, 5.74) is -2.31. The van der Waals surface area contributed by atoms with Crippen LogP contribution in [0.25, 0.3) is 0 Å². The van der Waals surface area contributed by atoms with Crippen molar-refractivity contribution in [3.8, 4) is 0 Å². The average Bonchev–Trinajstić information content (AvgIpc) is 3.38. The second-order valence-corrected chi connectivity index (χ2v) is 14.8. The number of hydrogen-bond acceptors (Lipinski definition) is 4. The molecule has 2 saturated carbocycles. The Morgan fingerprint density at radius 1 is 0.579 bits per heavy atom. The maximum absolute atomic E-state index is 14.7. The molecule has 4 aliphatic rings. The van der Waals surface area contributed by atoms with Crippen molar-refractivity contribution in [2.24, 2.45) is 28.6 Å². The summed E-state index contributed by atoms with van der Waals surface area (Å²) in [7, 11) is 0. The molecule has 4 nitrogen and oxygen atoms in total. The van der Waals surface area contributed by atoms with Crippen molar-refractivity contribution in [2.45, 2.75) is 125 Å². The molecule has 0 N–H and O–H groups in total. The Hall–Kier alpha value is -3.12. The molecule has 0 aromatic carbocycles. The fourth-order valence-electron chi connectivity index (χ4n) is 8.31. The molecule has 0 amide bonds. The quantitative estimate of drug-likeness (QED) is 0.162. The molecule has 26 heteroatoms. The van der Waals surface area contributed by atoms with E-state index in [0.717, 1.165) is 6.08 Å². The predicted molar refractivity (Wildman–Crippen MR) is 143 cm³/mol. The van der Waals surface area contributed by atoms with Crippen LogP contribution in [0, 0.1) is 28.6 Å². The highest BCUT2D eigenvalue weighted by Gasteiger charge is 2.94. The van der Waals surface area contributed by atoms with Crippen molar-refractivity contribution in [2.75, 3.05) is 0 Å². The molecule has 57 heavy (non-hydrogen) atoms. The van der Waals surface area contributed by atoms with E-state index in [9.17, 15) is 106 Å². The number of ether oxygens (including phenoxy) is 2. The third-order valence-corrected chi connectivity index (χ3v) is 11.7. The number of rotatable bonds is 10. The number of fused-ring (bicyclic) bond motifs is 5. The molecular formula is C31H26F22O4. The van der Waals surface area contributed by atoms with Gasteiger partial charge in [0.1, 0.15) is 11.9 Å². The number of esters is 2. The second kappa shape index (κ2) is 13.2. The lowest BCUT2D eigenvalue weighted by atomic mass is 9.48. The van der Waals surface area contributed by atoms with Crippen molar-refractivity contribution >= 4 is 11.9 Å². The van der Waals surface area contributed by atoms with Gasteiger partial charge < -0.3 is 9.47 Å². The SMILES string of the molecule is C[C@]12CC[C@H]3[C@@H](CC=C4C=C(OC(=O)C(F)(F)C(F)(F)C(F)(F)F)CC[C@@]43C)[C@@H]1CC[C@@H]2OC(=O)C(F)(F)C(F)(F)C(F)(F)C(F)(F)C(F)(F)C(F)(F)C(F)(F)F. The van der Waals surface area contributed by atoms with Gasteiger partial charge in [0, 0.05) is 11.8 Å². The monoisotopic (exact) mass is 880 g/mol. The molecule has 0 bridgehead atoms. The van der Waals surface area contributed by atoms with E-state index >= 15 is 0 Å². The summed E-state index contributed by atoms with van der Waals surface area (Å²) in [4.78, 5) is 24.1. The van der Waals surface area contributed by atoms with Crippen LogP contribution in [0.4, 0.5) is 96.6 Å². The lowest BCUT2D eigenvalue weighted by Crippen LogP contribution is -2.73. The first kappa shape index (κ1) is 46.6. The zero-order valence-electron chi connectivity index (χ0n) is 28.4. The Labute approximate surface area is 304 Å². The predicted octanol–water partition coefficient (Wildman–Crippen LogP) is 11.1. The van der Waals surface area contributed by atoms with Gasteiger partial charge >= 0.3 is 71.7 Å². The number of carbonyl (C=O) groups excluding carboxylic acids is 2.